The van der Waals surface area contributed by atoms with Gasteiger partial charge in [-0.1, -0.05) is 0 Å². The largest absolute Gasteiger partial charge is 0.399 e. The molecule has 5 heteroatoms. The molecule has 0 bridgehead atoms. The number of hydrogen-bond donors (Lipinski definition) is 2. The Hall–Kier alpha value is -2.07. The summed E-state index contributed by atoms with van der Waals surface area (Å²) in [5.74, 6) is 0. The molecule has 2 aromatic carbocycles. The number of anilines is 2. The first-order valence-corrected chi connectivity index (χ1v) is 4.87. The van der Waals surface area contributed by atoms with E-state index in [1.807, 2.05) is 24.3 Å². The van der Waals surface area contributed by atoms with Gasteiger partial charge in [0.2, 0.25) is 0 Å². The van der Waals surface area contributed by atoms with Crippen molar-refractivity contribution in [2.75, 3.05) is 11.5 Å². The van der Waals surface area contributed by atoms with Crippen molar-refractivity contribution in [2.45, 2.75) is 0 Å². The van der Waals surface area contributed by atoms with Crippen LogP contribution in [-0.4, -0.2) is 0 Å². The topological polar surface area (TPSA) is 76.8 Å². The molecule has 0 aliphatic carbocycles. The van der Waals surface area contributed by atoms with Crippen LogP contribution in [0.3, 0.4) is 0 Å². The number of rotatable bonds is 2. The summed E-state index contributed by atoms with van der Waals surface area (Å²) < 4.78 is 0. The van der Waals surface area contributed by atoms with Crippen LogP contribution in [0.25, 0.3) is 0 Å². The van der Waals surface area contributed by atoms with E-state index in [2.05, 4.69) is 10.2 Å². The summed E-state index contributed by atoms with van der Waals surface area (Å²) in [5.41, 5.74) is 14.1. The molecule has 0 fully saturated rings. The van der Waals surface area contributed by atoms with Crippen LogP contribution < -0.4 is 11.5 Å². The van der Waals surface area contributed by atoms with Crippen molar-refractivity contribution in [1.29, 1.82) is 0 Å². The Morgan fingerprint density at radius 1 is 0.588 bits per heavy atom. The molecule has 0 atom stereocenters. The van der Waals surface area contributed by atoms with Gasteiger partial charge in [-0.05, 0) is 48.5 Å². The fourth-order valence-electron chi connectivity index (χ4n) is 1.20. The van der Waals surface area contributed by atoms with E-state index in [-0.39, 0.29) is 12.4 Å². The zero-order chi connectivity index (χ0) is 11.4. The molecular formula is C12H13ClN4. The minimum Gasteiger partial charge on any atom is -0.399 e. The van der Waals surface area contributed by atoms with E-state index in [0.29, 0.717) is 11.4 Å². The van der Waals surface area contributed by atoms with Gasteiger partial charge in [0.1, 0.15) is 0 Å². The van der Waals surface area contributed by atoms with Crippen LogP contribution >= 0.6 is 12.4 Å². The quantitative estimate of drug-likeness (QED) is 0.628. The summed E-state index contributed by atoms with van der Waals surface area (Å²) in [6.45, 7) is 0. The molecule has 0 aliphatic heterocycles. The second-order valence-electron chi connectivity index (χ2n) is 3.38. The summed E-state index contributed by atoms with van der Waals surface area (Å²) in [6.07, 6.45) is 0. The van der Waals surface area contributed by atoms with Gasteiger partial charge >= 0.3 is 0 Å². The molecule has 0 saturated carbocycles. The average molecular weight is 249 g/mol. The summed E-state index contributed by atoms with van der Waals surface area (Å²) in [7, 11) is 0. The van der Waals surface area contributed by atoms with Gasteiger partial charge in [0.05, 0.1) is 11.4 Å². The molecule has 4 nitrogen and oxygen atoms in total. The highest BCUT2D eigenvalue weighted by atomic mass is 35.5. The lowest BCUT2D eigenvalue weighted by atomic mass is 10.3. The predicted octanol–water partition coefficient (Wildman–Crippen LogP) is 3.69. The zero-order valence-corrected chi connectivity index (χ0v) is 9.89. The van der Waals surface area contributed by atoms with E-state index in [1.165, 1.54) is 0 Å². The number of nitrogens with two attached hydrogens (primary N) is 2. The maximum absolute atomic E-state index is 5.56. The smallest absolute Gasteiger partial charge is 0.0858 e. The van der Waals surface area contributed by atoms with E-state index < -0.39 is 0 Å². The molecule has 0 aliphatic rings. The molecule has 17 heavy (non-hydrogen) atoms. The predicted molar refractivity (Wildman–Crippen MR) is 73.1 cm³/mol. The molecular weight excluding hydrogens is 236 g/mol. The van der Waals surface area contributed by atoms with Crippen molar-refractivity contribution in [3.63, 3.8) is 0 Å². The number of halogens is 1. The normalized spacial score (nSPS) is 10.1. The number of azo groups is 1. The van der Waals surface area contributed by atoms with Crippen molar-refractivity contribution in [3.8, 4) is 0 Å². The Morgan fingerprint density at radius 3 is 1.18 bits per heavy atom. The second kappa shape index (κ2) is 5.86. The molecule has 0 saturated heterocycles. The van der Waals surface area contributed by atoms with Gasteiger partial charge in [-0.3, -0.25) is 0 Å². The van der Waals surface area contributed by atoms with E-state index in [0.717, 1.165) is 11.4 Å². The van der Waals surface area contributed by atoms with Gasteiger partial charge < -0.3 is 11.5 Å². The molecule has 0 unspecified atom stereocenters. The molecule has 0 amide bonds. The van der Waals surface area contributed by atoms with Gasteiger partial charge in [-0.2, -0.15) is 10.2 Å². The van der Waals surface area contributed by atoms with Crippen LogP contribution in [0.1, 0.15) is 0 Å². The molecule has 2 rings (SSSR count). The van der Waals surface area contributed by atoms with Gasteiger partial charge in [0.25, 0.3) is 0 Å². The van der Waals surface area contributed by atoms with Crippen molar-refractivity contribution >= 4 is 35.2 Å². The summed E-state index contributed by atoms with van der Waals surface area (Å²) in [4.78, 5) is 0. The van der Waals surface area contributed by atoms with E-state index in [1.54, 1.807) is 24.3 Å². The van der Waals surface area contributed by atoms with Crippen molar-refractivity contribution in [3.05, 3.63) is 48.5 Å². The van der Waals surface area contributed by atoms with E-state index >= 15 is 0 Å². The molecule has 0 aromatic heterocycles. The first-order chi connectivity index (χ1) is 7.74. The summed E-state index contributed by atoms with van der Waals surface area (Å²) in [5, 5.41) is 8.15. The Bertz CT molecular complexity index is 443. The Balaban J connectivity index is 0.00000144. The van der Waals surface area contributed by atoms with Crippen LogP contribution in [0.2, 0.25) is 0 Å². The Morgan fingerprint density at radius 2 is 0.882 bits per heavy atom. The molecule has 0 spiro atoms. The molecule has 88 valence electrons. The van der Waals surface area contributed by atoms with Crippen molar-refractivity contribution in [2.24, 2.45) is 10.2 Å². The first kappa shape index (κ1) is 13.0. The van der Waals surface area contributed by atoms with Gasteiger partial charge in [-0.15, -0.1) is 12.4 Å². The minimum absolute atomic E-state index is 0. The molecule has 0 heterocycles. The third-order valence-corrected chi connectivity index (χ3v) is 2.07. The molecule has 2 aromatic rings. The first-order valence-electron chi connectivity index (χ1n) is 4.87. The summed E-state index contributed by atoms with van der Waals surface area (Å²) in [6, 6.07) is 14.4. The second-order valence-corrected chi connectivity index (χ2v) is 3.38. The highest BCUT2D eigenvalue weighted by Gasteiger charge is 1.91. The minimum atomic E-state index is 0. The monoisotopic (exact) mass is 248 g/mol. The maximum atomic E-state index is 5.56. The fraction of sp³-hybridized carbons (Fsp3) is 0. The lowest BCUT2D eigenvalue weighted by Crippen LogP contribution is -1.81. The Kier molecular flexibility index (Phi) is 4.48. The SMILES string of the molecule is Cl.Nc1ccc(N=Nc2ccc(N)cc2)cc1. The van der Waals surface area contributed by atoms with Crippen LogP contribution in [0.5, 0.6) is 0 Å². The van der Waals surface area contributed by atoms with Crippen molar-refractivity contribution < 1.29 is 0 Å². The van der Waals surface area contributed by atoms with E-state index in [9.17, 15) is 0 Å². The van der Waals surface area contributed by atoms with Gasteiger partial charge in [0, 0.05) is 11.4 Å². The standard InChI is InChI=1S/C12H12N4.ClH/c13-9-1-5-11(6-2-9)15-16-12-7-3-10(14)4-8-12;/h1-8H,13-14H2;1H. The van der Waals surface area contributed by atoms with Crippen molar-refractivity contribution in [1.82, 2.24) is 0 Å². The third kappa shape index (κ3) is 3.77. The lowest BCUT2D eigenvalue weighted by Gasteiger charge is -1.95. The van der Waals surface area contributed by atoms with Crippen LogP contribution in [0.15, 0.2) is 58.8 Å². The highest BCUT2D eigenvalue weighted by Crippen LogP contribution is 2.19. The molecule has 0 radical (unpaired) electrons. The van der Waals surface area contributed by atoms with Gasteiger partial charge in [0.15, 0.2) is 0 Å². The van der Waals surface area contributed by atoms with Gasteiger partial charge in [-0.25, -0.2) is 0 Å². The number of benzene rings is 2. The molecule has 4 N–H and O–H groups in total. The number of nitrogens with zero attached hydrogens (tertiary/aromatic N) is 2. The fourth-order valence-corrected chi connectivity index (χ4v) is 1.20. The van der Waals surface area contributed by atoms with Crippen LogP contribution in [-0.2, 0) is 0 Å². The average Bonchev–Trinajstić information content (AvgIpc) is 2.30. The Labute approximate surface area is 106 Å². The zero-order valence-electron chi connectivity index (χ0n) is 9.08. The number of hydrogen-bond acceptors (Lipinski definition) is 4. The maximum Gasteiger partial charge on any atom is 0.0858 e. The third-order valence-electron chi connectivity index (χ3n) is 2.07. The lowest BCUT2D eigenvalue weighted by molar-refractivity contribution is 1.23. The van der Waals surface area contributed by atoms with Crippen LogP contribution in [0.4, 0.5) is 22.7 Å². The highest BCUT2D eigenvalue weighted by molar-refractivity contribution is 5.85. The van der Waals surface area contributed by atoms with Crippen LogP contribution in [0, 0.1) is 0 Å². The number of nitrogen functional groups attached to an aromatic ring is 2. The summed E-state index contributed by atoms with van der Waals surface area (Å²) >= 11 is 0. The van der Waals surface area contributed by atoms with E-state index in [4.69, 9.17) is 11.5 Å².